The number of aromatic nitrogens is 4. The Morgan fingerprint density at radius 1 is 1.53 bits per heavy atom. The van der Waals surface area contributed by atoms with Crippen molar-refractivity contribution in [1.82, 2.24) is 25.0 Å². The van der Waals surface area contributed by atoms with Gasteiger partial charge in [-0.25, -0.2) is 4.98 Å². The molecule has 0 atom stereocenters. The highest BCUT2D eigenvalue weighted by Crippen LogP contribution is 2.01. The average Bonchev–Trinajstić information content (AvgIpc) is 2.78. The van der Waals surface area contributed by atoms with E-state index in [9.17, 15) is 0 Å². The molecule has 0 amide bonds. The van der Waals surface area contributed by atoms with Crippen molar-refractivity contribution in [2.45, 2.75) is 20.0 Å². The number of nitrogens with one attached hydrogen (secondary N) is 1. The van der Waals surface area contributed by atoms with Crippen LogP contribution in [0, 0.1) is 6.92 Å². The summed E-state index contributed by atoms with van der Waals surface area (Å²) in [7, 11) is 1.89. The van der Waals surface area contributed by atoms with Crippen LogP contribution in [0.5, 0.6) is 0 Å². The van der Waals surface area contributed by atoms with E-state index < -0.39 is 0 Å². The molecule has 2 aromatic heterocycles. The van der Waals surface area contributed by atoms with Crippen molar-refractivity contribution in [1.29, 1.82) is 0 Å². The molecule has 6 heteroatoms. The molecular formula is C9H13N5O. The Morgan fingerprint density at radius 3 is 3.07 bits per heavy atom. The minimum Gasteiger partial charge on any atom is -0.337 e. The van der Waals surface area contributed by atoms with Crippen molar-refractivity contribution in [3.8, 4) is 0 Å². The molecule has 0 saturated carbocycles. The quantitative estimate of drug-likeness (QED) is 0.783. The first-order chi connectivity index (χ1) is 7.28. The molecule has 2 rings (SSSR count). The van der Waals surface area contributed by atoms with Gasteiger partial charge in [-0.1, -0.05) is 5.16 Å². The largest absolute Gasteiger partial charge is 0.337 e. The van der Waals surface area contributed by atoms with Gasteiger partial charge in [0.1, 0.15) is 6.54 Å². The van der Waals surface area contributed by atoms with Gasteiger partial charge in [-0.2, -0.15) is 4.98 Å². The molecule has 0 saturated heterocycles. The molecule has 2 aromatic rings. The highest BCUT2D eigenvalue weighted by Gasteiger charge is 2.04. The normalized spacial score (nSPS) is 10.8. The molecular weight excluding hydrogens is 194 g/mol. The number of rotatable bonds is 4. The van der Waals surface area contributed by atoms with E-state index >= 15 is 0 Å². The first-order valence-corrected chi connectivity index (χ1v) is 4.72. The molecule has 0 fully saturated rings. The van der Waals surface area contributed by atoms with Crippen LogP contribution < -0.4 is 5.32 Å². The summed E-state index contributed by atoms with van der Waals surface area (Å²) in [6, 6.07) is 0. The average molecular weight is 207 g/mol. The van der Waals surface area contributed by atoms with Crippen LogP contribution >= 0.6 is 0 Å². The Bertz CT molecular complexity index is 433. The maximum absolute atomic E-state index is 5.01. The van der Waals surface area contributed by atoms with E-state index in [0.29, 0.717) is 18.3 Å². The third-order valence-corrected chi connectivity index (χ3v) is 1.93. The number of imidazole rings is 1. The van der Waals surface area contributed by atoms with Crippen molar-refractivity contribution >= 4 is 0 Å². The molecule has 0 bridgehead atoms. The van der Waals surface area contributed by atoms with Gasteiger partial charge in [0.2, 0.25) is 5.89 Å². The Kier molecular flexibility index (Phi) is 2.77. The lowest BCUT2D eigenvalue weighted by atomic mass is 10.5. The first-order valence-electron chi connectivity index (χ1n) is 4.72. The lowest BCUT2D eigenvalue weighted by molar-refractivity contribution is 0.367. The second-order valence-corrected chi connectivity index (χ2v) is 3.30. The van der Waals surface area contributed by atoms with E-state index in [2.05, 4.69) is 20.4 Å². The van der Waals surface area contributed by atoms with Crippen LogP contribution in [0.2, 0.25) is 0 Å². The number of hydrogen-bond acceptors (Lipinski definition) is 5. The number of hydrogen-bond donors (Lipinski definition) is 1. The van der Waals surface area contributed by atoms with Gasteiger partial charge in [0.05, 0.1) is 12.0 Å². The van der Waals surface area contributed by atoms with Gasteiger partial charge >= 0.3 is 0 Å². The Labute approximate surface area is 87.3 Å². The fourth-order valence-corrected chi connectivity index (χ4v) is 1.33. The highest BCUT2D eigenvalue weighted by molar-refractivity contribution is 4.97. The molecule has 0 spiro atoms. The predicted molar refractivity (Wildman–Crippen MR) is 53.1 cm³/mol. The summed E-state index contributed by atoms with van der Waals surface area (Å²) < 4.78 is 6.93. The van der Waals surface area contributed by atoms with Crippen LogP contribution in [0.15, 0.2) is 17.0 Å². The summed E-state index contributed by atoms with van der Waals surface area (Å²) in [5, 5.41) is 6.76. The molecule has 1 N–H and O–H groups in total. The Morgan fingerprint density at radius 2 is 2.40 bits per heavy atom. The zero-order valence-electron chi connectivity index (χ0n) is 8.77. The zero-order valence-corrected chi connectivity index (χ0v) is 8.77. The maximum atomic E-state index is 5.01. The van der Waals surface area contributed by atoms with Crippen LogP contribution in [0.4, 0.5) is 0 Å². The van der Waals surface area contributed by atoms with Crippen molar-refractivity contribution in [3.05, 3.63) is 29.9 Å². The summed E-state index contributed by atoms with van der Waals surface area (Å²) in [6.07, 6.45) is 3.71. The molecule has 15 heavy (non-hydrogen) atoms. The van der Waals surface area contributed by atoms with Gasteiger partial charge < -0.3 is 14.4 Å². The van der Waals surface area contributed by atoms with Gasteiger partial charge in [0, 0.05) is 12.7 Å². The second-order valence-electron chi connectivity index (χ2n) is 3.30. The van der Waals surface area contributed by atoms with Gasteiger partial charge in [-0.05, 0) is 14.0 Å². The van der Waals surface area contributed by atoms with Crippen LogP contribution in [0.25, 0.3) is 0 Å². The molecule has 0 unspecified atom stereocenters. The molecule has 6 nitrogen and oxygen atoms in total. The summed E-state index contributed by atoms with van der Waals surface area (Å²) >= 11 is 0. The van der Waals surface area contributed by atoms with E-state index in [1.165, 1.54) is 0 Å². The molecule has 0 aliphatic carbocycles. The lowest BCUT2D eigenvalue weighted by Gasteiger charge is -1.94. The smallest absolute Gasteiger partial charge is 0.246 e. The van der Waals surface area contributed by atoms with Crippen molar-refractivity contribution < 1.29 is 4.52 Å². The summed E-state index contributed by atoms with van der Waals surface area (Å²) in [6.45, 7) is 3.13. The van der Waals surface area contributed by atoms with Crippen molar-refractivity contribution in [2.24, 2.45) is 0 Å². The summed E-state index contributed by atoms with van der Waals surface area (Å²) in [5.41, 5.74) is 0.994. The van der Waals surface area contributed by atoms with Crippen molar-refractivity contribution in [3.63, 3.8) is 0 Å². The minimum absolute atomic E-state index is 0.567. The van der Waals surface area contributed by atoms with E-state index in [0.717, 1.165) is 12.2 Å². The number of aryl methyl sites for hydroxylation is 1. The van der Waals surface area contributed by atoms with Crippen molar-refractivity contribution in [2.75, 3.05) is 7.05 Å². The van der Waals surface area contributed by atoms with Gasteiger partial charge in [-0.15, -0.1) is 0 Å². The molecule has 0 radical (unpaired) electrons. The number of nitrogens with zero attached hydrogens (tertiary/aromatic N) is 4. The van der Waals surface area contributed by atoms with Crippen LogP contribution in [0.3, 0.4) is 0 Å². The second kappa shape index (κ2) is 4.22. The van der Waals surface area contributed by atoms with Gasteiger partial charge in [0.25, 0.3) is 0 Å². The van der Waals surface area contributed by atoms with E-state index in [-0.39, 0.29) is 0 Å². The predicted octanol–water partition coefficient (Wildman–Crippen LogP) is 0.342. The summed E-state index contributed by atoms with van der Waals surface area (Å²) in [5.74, 6) is 1.25. The topological polar surface area (TPSA) is 68.8 Å². The molecule has 80 valence electrons. The maximum Gasteiger partial charge on any atom is 0.246 e. The molecule has 0 aliphatic heterocycles. The molecule has 2 heterocycles. The van der Waals surface area contributed by atoms with Crippen LogP contribution in [0.1, 0.15) is 17.4 Å². The Hall–Kier alpha value is -1.69. The van der Waals surface area contributed by atoms with E-state index in [4.69, 9.17) is 4.52 Å². The highest BCUT2D eigenvalue weighted by atomic mass is 16.5. The fourth-order valence-electron chi connectivity index (χ4n) is 1.33. The third-order valence-electron chi connectivity index (χ3n) is 1.93. The van der Waals surface area contributed by atoms with Crippen LogP contribution in [-0.4, -0.2) is 26.7 Å². The lowest BCUT2D eigenvalue weighted by Crippen LogP contribution is -2.05. The minimum atomic E-state index is 0.567. The standard InChI is InChI=1S/C9H13N5O/c1-7-12-9(15-13-7)5-14-4-8(3-10-2)11-6-14/h4,6,10H,3,5H2,1-2H3. The van der Waals surface area contributed by atoms with Gasteiger partial charge in [0.15, 0.2) is 5.82 Å². The summed E-state index contributed by atoms with van der Waals surface area (Å²) in [4.78, 5) is 8.34. The van der Waals surface area contributed by atoms with Crippen LogP contribution in [-0.2, 0) is 13.1 Å². The molecule has 0 aromatic carbocycles. The molecule has 0 aliphatic rings. The SMILES string of the molecule is CNCc1cn(Cc2nc(C)no2)cn1. The Balaban J connectivity index is 2.04. The monoisotopic (exact) mass is 207 g/mol. The van der Waals surface area contributed by atoms with Gasteiger partial charge in [-0.3, -0.25) is 0 Å². The third kappa shape index (κ3) is 2.41. The van der Waals surface area contributed by atoms with E-state index in [1.54, 1.807) is 13.3 Å². The zero-order chi connectivity index (χ0) is 10.7. The first kappa shape index (κ1) is 9.85. The van der Waals surface area contributed by atoms with E-state index in [1.807, 2.05) is 17.8 Å². The fraction of sp³-hybridized carbons (Fsp3) is 0.444.